The first-order valence-electron chi connectivity index (χ1n) is 5.87. The number of carbonyl (C=O) groups excluding carboxylic acids is 1. The summed E-state index contributed by atoms with van der Waals surface area (Å²) in [5.74, 6) is 0.00264. The number of nitrogens with one attached hydrogen (secondary N) is 2. The minimum Gasteiger partial charge on any atom is -0.354 e. The van der Waals surface area contributed by atoms with Crippen LogP contribution in [0.2, 0.25) is 5.02 Å². The summed E-state index contributed by atoms with van der Waals surface area (Å²) in [6, 6.07) is 7.70. The Morgan fingerprint density at radius 2 is 2.06 bits per heavy atom. The van der Waals surface area contributed by atoms with E-state index in [0.29, 0.717) is 18.0 Å². The van der Waals surface area contributed by atoms with E-state index in [1.54, 1.807) is 6.07 Å². The zero-order chi connectivity index (χ0) is 12.7. The molecule has 1 atom stereocenters. The van der Waals surface area contributed by atoms with E-state index in [1.807, 2.05) is 32.0 Å². The van der Waals surface area contributed by atoms with Crippen molar-refractivity contribution in [1.29, 1.82) is 0 Å². The first kappa shape index (κ1) is 17.2. The summed E-state index contributed by atoms with van der Waals surface area (Å²) < 4.78 is 0. The van der Waals surface area contributed by atoms with Gasteiger partial charge in [-0.2, -0.15) is 0 Å². The zero-order valence-electron chi connectivity index (χ0n) is 10.7. The molecule has 1 rings (SSSR count). The van der Waals surface area contributed by atoms with Crippen molar-refractivity contribution in [3.63, 3.8) is 0 Å². The van der Waals surface area contributed by atoms with Gasteiger partial charge in [0.25, 0.3) is 0 Å². The van der Waals surface area contributed by atoms with E-state index in [0.717, 1.165) is 12.1 Å². The highest BCUT2D eigenvalue weighted by molar-refractivity contribution is 6.31. The van der Waals surface area contributed by atoms with Gasteiger partial charge in [-0.15, -0.1) is 12.4 Å². The van der Waals surface area contributed by atoms with Crippen molar-refractivity contribution in [3.05, 3.63) is 34.9 Å². The molecule has 0 aliphatic rings. The van der Waals surface area contributed by atoms with E-state index in [1.165, 1.54) is 0 Å². The third-order valence-corrected chi connectivity index (χ3v) is 2.84. The molecule has 5 heteroatoms. The Morgan fingerprint density at radius 1 is 1.39 bits per heavy atom. The molecular formula is C13H20Cl2N2O. The molecule has 0 fully saturated rings. The van der Waals surface area contributed by atoms with E-state index < -0.39 is 0 Å². The first-order chi connectivity index (χ1) is 8.13. The van der Waals surface area contributed by atoms with Crippen molar-refractivity contribution >= 4 is 29.9 Å². The summed E-state index contributed by atoms with van der Waals surface area (Å²) in [6.45, 7) is 5.63. The van der Waals surface area contributed by atoms with Crippen molar-refractivity contribution in [1.82, 2.24) is 10.6 Å². The highest BCUT2D eigenvalue weighted by Crippen LogP contribution is 2.15. The summed E-state index contributed by atoms with van der Waals surface area (Å²) in [5, 5.41) is 6.76. The highest BCUT2D eigenvalue weighted by atomic mass is 35.5. The predicted molar refractivity (Wildman–Crippen MR) is 78.6 cm³/mol. The number of benzene rings is 1. The van der Waals surface area contributed by atoms with Crippen LogP contribution in [0.15, 0.2) is 24.3 Å². The second-order valence-corrected chi connectivity index (χ2v) is 4.44. The molecule has 0 saturated heterocycles. The van der Waals surface area contributed by atoms with Crippen LogP contribution in [0.4, 0.5) is 0 Å². The fraction of sp³-hybridized carbons (Fsp3) is 0.462. The number of carbonyl (C=O) groups is 1. The lowest BCUT2D eigenvalue weighted by molar-refractivity contribution is -0.120. The second kappa shape index (κ2) is 9.20. The van der Waals surface area contributed by atoms with Crippen LogP contribution in [0.25, 0.3) is 0 Å². The van der Waals surface area contributed by atoms with Crippen LogP contribution in [0.5, 0.6) is 0 Å². The topological polar surface area (TPSA) is 41.1 Å². The van der Waals surface area contributed by atoms with Crippen molar-refractivity contribution < 1.29 is 4.79 Å². The summed E-state index contributed by atoms with van der Waals surface area (Å²) in [6.07, 6.45) is 0.332. The molecule has 0 aliphatic carbocycles. The molecule has 0 aliphatic heterocycles. The molecule has 0 aromatic heterocycles. The molecule has 0 saturated carbocycles. The summed E-state index contributed by atoms with van der Waals surface area (Å²) in [5.41, 5.74) is 0.864. The molecular weight excluding hydrogens is 271 g/mol. The van der Waals surface area contributed by atoms with Gasteiger partial charge in [0, 0.05) is 17.6 Å². The molecule has 1 amide bonds. The third kappa shape index (κ3) is 6.24. The van der Waals surface area contributed by atoms with Crippen LogP contribution in [0.1, 0.15) is 19.4 Å². The van der Waals surface area contributed by atoms with E-state index in [2.05, 4.69) is 10.6 Å². The number of amides is 1. The quantitative estimate of drug-likeness (QED) is 0.845. The fourth-order valence-corrected chi connectivity index (χ4v) is 1.77. The number of hydrogen-bond acceptors (Lipinski definition) is 2. The van der Waals surface area contributed by atoms with Crippen molar-refractivity contribution in [2.75, 3.05) is 13.1 Å². The van der Waals surface area contributed by atoms with E-state index in [-0.39, 0.29) is 24.4 Å². The highest BCUT2D eigenvalue weighted by Gasteiger charge is 2.07. The lowest BCUT2D eigenvalue weighted by Gasteiger charge is -2.13. The van der Waals surface area contributed by atoms with Crippen LogP contribution in [-0.2, 0) is 11.2 Å². The van der Waals surface area contributed by atoms with Crippen LogP contribution in [0.3, 0.4) is 0 Å². The Kier molecular flexibility index (Phi) is 8.81. The van der Waals surface area contributed by atoms with Crippen LogP contribution in [0, 0.1) is 0 Å². The first-order valence-corrected chi connectivity index (χ1v) is 6.24. The minimum atomic E-state index is 0. The van der Waals surface area contributed by atoms with Gasteiger partial charge in [0.2, 0.25) is 5.91 Å². The predicted octanol–water partition coefficient (Wildman–Crippen LogP) is 2.42. The van der Waals surface area contributed by atoms with Gasteiger partial charge in [-0.3, -0.25) is 4.79 Å². The minimum absolute atomic E-state index is 0. The van der Waals surface area contributed by atoms with Gasteiger partial charge in [0.05, 0.1) is 6.42 Å². The van der Waals surface area contributed by atoms with Gasteiger partial charge in [-0.25, -0.2) is 0 Å². The number of halogens is 2. The third-order valence-electron chi connectivity index (χ3n) is 2.47. The Balaban J connectivity index is 0.00000289. The lowest BCUT2D eigenvalue weighted by Crippen LogP contribution is -2.39. The van der Waals surface area contributed by atoms with Crippen LogP contribution in [-0.4, -0.2) is 25.0 Å². The van der Waals surface area contributed by atoms with E-state index in [9.17, 15) is 4.79 Å². The average molecular weight is 291 g/mol. The van der Waals surface area contributed by atoms with Crippen LogP contribution < -0.4 is 10.6 Å². The molecule has 0 spiro atoms. The number of likely N-dealkylation sites (N-methyl/N-ethyl adjacent to an activating group) is 1. The maximum absolute atomic E-state index is 11.7. The zero-order valence-corrected chi connectivity index (χ0v) is 12.3. The number of rotatable bonds is 6. The Labute approximate surface area is 120 Å². The molecule has 0 heterocycles. The Bertz CT molecular complexity index is 372. The van der Waals surface area contributed by atoms with Gasteiger partial charge in [0.15, 0.2) is 0 Å². The second-order valence-electron chi connectivity index (χ2n) is 4.03. The molecule has 18 heavy (non-hydrogen) atoms. The average Bonchev–Trinajstić information content (AvgIpc) is 2.30. The monoisotopic (exact) mass is 290 g/mol. The summed E-state index contributed by atoms with van der Waals surface area (Å²) >= 11 is 5.99. The lowest BCUT2D eigenvalue weighted by atomic mass is 10.1. The van der Waals surface area contributed by atoms with Gasteiger partial charge < -0.3 is 10.6 Å². The molecule has 0 unspecified atom stereocenters. The largest absolute Gasteiger partial charge is 0.354 e. The van der Waals surface area contributed by atoms with Crippen molar-refractivity contribution in [2.45, 2.75) is 26.3 Å². The SMILES string of the molecule is CCN[C@H](C)CNC(=O)Cc1ccccc1Cl.Cl. The van der Waals surface area contributed by atoms with Crippen molar-refractivity contribution in [2.24, 2.45) is 0 Å². The summed E-state index contributed by atoms with van der Waals surface area (Å²) in [7, 11) is 0. The normalized spacial score (nSPS) is 11.5. The molecule has 3 nitrogen and oxygen atoms in total. The molecule has 2 N–H and O–H groups in total. The van der Waals surface area contributed by atoms with Gasteiger partial charge >= 0.3 is 0 Å². The van der Waals surface area contributed by atoms with E-state index in [4.69, 9.17) is 11.6 Å². The molecule has 1 aromatic rings. The maximum Gasteiger partial charge on any atom is 0.224 e. The Hall–Kier alpha value is -0.770. The molecule has 1 aromatic carbocycles. The van der Waals surface area contributed by atoms with Gasteiger partial charge in [-0.05, 0) is 25.1 Å². The van der Waals surface area contributed by atoms with E-state index >= 15 is 0 Å². The molecule has 0 radical (unpaired) electrons. The van der Waals surface area contributed by atoms with Crippen molar-refractivity contribution in [3.8, 4) is 0 Å². The van der Waals surface area contributed by atoms with Gasteiger partial charge in [0.1, 0.15) is 0 Å². The number of hydrogen-bond donors (Lipinski definition) is 2. The standard InChI is InChI=1S/C13H19ClN2O.ClH/c1-3-15-10(2)9-16-13(17)8-11-6-4-5-7-12(11)14;/h4-7,10,15H,3,8-9H2,1-2H3,(H,16,17);1H/t10-;/m1./s1. The maximum atomic E-state index is 11.7. The Morgan fingerprint density at radius 3 is 2.67 bits per heavy atom. The molecule has 102 valence electrons. The smallest absolute Gasteiger partial charge is 0.224 e. The molecule has 0 bridgehead atoms. The van der Waals surface area contributed by atoms with Gasteiger partial charge in [-0.1, -0.05) is 36.7 Å². The summed E-state index contributed by atoms with van der Waals surface area (Å²) in [4.78, 5) is 11.7. The fourth-order valence-electron chi connectivity index (χ4n) is 1.56. The van der Waals surface area contributed by atoms with Crippen LogP contribution >= 0.6 is 24.0 Å².